The Hall–Kier alpha value is -1.19. The van der Waals surface area contributed by atoms with E-state index in [1.54, 1.807) is 11.3 Å². The van der Waals surface area contributed by atoms with Crippen LogP contribution in [0, 0.1) is 0 Å². The lowest BCUT2D eigenvalue weighted by Gasteiger charge is -2.12. The van der Waals surface area contributed by atoms with E-state index in [1.165, 1.54) is 11.3 Å². The van der Waals surface area contributed by atoms with Crippen LogP contribution >= 0.6 is 22.7 Å². The van der Waals surface area contributed by atoms with Crippen molar-refractivity contribution in [3.05, 3.63) is 50.4 Å². The second kappa shape index (κ2) is 2.65. The van der Waals surface area contributed by atoms with Gasteiger partial charge in [-0.2, -0.15) is 0 Å². The molecule has 1 aliphatic carbocycles. The third-order valence-corrected chi connectivity index (χ3v) is 4.27. The maximum atomic E-state index is 12.0. The van der Waals surface area contributed by atoms with Crippen LogP contribution in [0.4, 0.5) is 0 Å². The number of thiophene rings is 2. The summed E-state index contributed by atoms with van der Waals surface area (Å²) in [6, 6.07) is 3.86. The van der Waals surface area contributed by atoms with Crippen molar-refractivity contribution >= 4 is 34.0 Å². The lowest BCUT2D eigenvalue weighted by Crippen LogP contribution is -2.08. The van der Waals surface area contributed by atoms with Crippen LogP contribution in [-0.2, 0) is 0 Å². The number of fused-ring (bicyclic) bond motifs is 2. The van der Waals surface area contributed by atoms with E-state index in [-0.39, 0.29) is 5.78 Å². The Morgan fingerprint density at radius 1 is 1.00 bits per heavy atom. The summed E-state index contributed by atoms with van der Waals surface area (Å²) in [6.07, 6.45) is 0. The summed E-state index contributed by atoms with van der Waals surface area (Å²) in [4.78, 5) is 13.8. The Balaban J connectivity index is 2.37. The lowest BCUT2D eigenvalue weighted by atomic mass is 9.94. The normalized spacial score (nSPS) is 14.0. The van der Waals surface area contributed by atoms with Crippen LogP contribution in [0.1, 0.15) is 25.7 Å². The Morgan fingerprint density at radius 2 is 1.64 bits per heavy atom. The molecule has 0 spiro atoms. The zero-order chi connectivity index (χ0) is 9.71. The molecule has 0 aromatic carbocycles. The molecule has 14 heavy (non-hydrogen) atoms. The van der Waals surface area contributed by atoms with Crippen molar-refractivity contribution in [2.75, 3.05) is 0 Å². The van der Waals surface area contributed by atoms with Crippen molar-refractivity contribution in [1.29, 1.82) is 0 Å². The highest BCUT2D eigenvalue weighted by Gasteiger charge is 2.27. The molecule has 0 radical (unpaired) electrons. The number of hydrogen-bond donors (Lipinski definition) is 0. The molecule has 2 heterocycles. The topological polar surface area (TPSA) is 17.1 Å². The van der Waals surface area contributed by atoms with Gasteiger partial charge in [0, 0.05) is 16.0 Å². The van der Waals surface area contributed by atoms with E-state index >= 15 is 0 Å². The first-order chi connectivity index (χ1) is 6.79. The summed E-state index contributed by atoms with van der Waals surface area (Å²) in [7, 11) is 0. The van der Waals surface area contributed by atoms with Crippen LogP contribution in [0.15, 0.2) is 29.5 Å². The Kier molecular flexibility index (Phi) is 1.54. The Labute approximate surface area is 89.3 Å². The molecule has 1 nitrogen and oxygen atoms in total. The molecule has 0 saturated carbocycles. The molecule has 1 aliphatic rings. The van der Waals surface area contributed by atoms with Gasteiger partial charge in [-0.3, -0.25) is 4.79 Å². The van der Waals surface area contributed by atoms with Gasteiger partial charge < -0.3 is 0 Å². The summed E-state index contributed by atoms with van der Waals surface area (Å²) < 4.78 is 0. The number of carbonyl (C=O) groups is 1. The van der Waals surface area contributed by atoms with Crippen LogP contribution in [-0.4, -0.2) is 5.78 Å². The van der Waals surface area contributed by atoms with E-state index in [0.29, 0.717) is 0 Å². The molecule has 0 fully saturated rings. The van der Waals surface area contributed by atoms with E-state index in [2.05, 4.69) is 6.58 Å². The smallest absolute Gasteiger partial charge is 0.205 e. The van der Waals surface area contributed by atoms with Gasteiger partial charge in [0.25, 0.3) is 0 Å². The predicted octanol–water partition coefficient (Wildman–Crippen LogP) is 3.42. The minimum Gasteiger partial charge on any atom is -0.288 e. The molecule has 0 bridgehead atoms. The molecule has 0 amide bonds. The van der Waals surface area contributed by atoms with Gasteiger partial charge in [0.2, 0.25) is 5.78 Å². The third kappa shape index (κ3) is 0.859. The van der Waals surface area contributed by atoms with Gasteiger partial charge in [-0.25, -0.2) is 0 Å². The van der Waals surface area contributed by atoms with Crippen LogP contribution in [0.5, 0.6) is 0 Å². The summed E-state index contributed by atoms with van der Waals surface area (Å²) >= 11 is 3.09. The van der Waals surface area contributed by atoms with E-state index in [1.807, 2.05) is 22.9 Å². The SMILES string of the molecule is C=C1c2ccsc2C(=O)c2ccsc21. The van der Waals surface area contributed by atoms with Gasteiger partial charge in [0.15, 0.2) is 0 Å². The lowest BCUT2D eigenvalue weighted by molar-refractivity contribution is 0.104. The van der Waals surface area contributed by atoms with Crippen molar-refractivity contribution in [3.63, 3.8) is 0 Å². The second-order valence-corrected chi connectivity index (χ2v) is 4.97. The summed E-state index contributed by atoms with van der Waals surface area (Å²) in [5.74, 6) is 0.152. The maximum Gasteiger partial charge on any atom is 0.205 e. The zero-order valence-electron chi connectivity index (χ0n) is 7.24. The third-order valence-electron chi connectivity index (χ3n) is 2.38. The monoisotopic (exact) mass is 218 g/mol. The number of ketones is 1. The molecule has 0 unspecified atom stereocenters. The molecule has 2 aromatic rings. The highest BCUT2D eigenvalue weighted by Crippen LogP contribution is 2.39. The fourth-order valence-corrected chi connectivity index (χ4v) is 3.44. The van der Waals surface area contributed by atoms with Gasteiger partial charge in [0.1, 0.15) is 0 Å². The van der Waals surface area contributed by atoms with Gasteiger partial charge >= 0.3 is 0 Å². The molecule has 2 aromatic heterocycles. The first-order valence-electron chi connectivity index (χ1n) is 4.18. The quantitative estimate of drug-likeness (QED) is 0.565. The van der Waals surface area contributed by atoms with Crippen LogP contribution < -0.4 is 0 Å². The molecule has 0 aliphatic heterocycles. The molecule has 68 valence electrons. The Morgan fingerprint density at radius 3 is 2.43 bits per heavy atom. The van der Waals surface area contributed by atoms with E-state index < -0.39 is 0 Å². The number of rotatable bonds is 0. The second-order valence-electron chi connectivity index (χ2n) is 3.13. The molecule has 3 rings (SSSR count). The summed E-state index contributed by atoms with van der Waals surface area (Å²) in [5, 5.41) is 3.90. The van der Waals surface area contributed by atoms with Gasteiger partial charge in [-0.1, -0.05) is 6.58 Å². The highest BCUT2D eigenvalue weighted by atomic mass is 32.1. The van der Waals surface area contributed by atoms with Crippen LogP contribution in [0.2, 0.25) is 0 Å². The zero-order valence-corrected chi connectivity index (χ0v) is 8.87. The van der Waals surface area contributed by atoms with Crippen molar-refractivity contribution < 1.29 is 4.79 Å². The van der Waals surface area contributed by atoms with Crippen molar-refractivity contribution in [2.24, 2.45) is 0 Å². The predicted molar refractivity (Wildman–Crippen MR) is 60.2 cm³/mol. The van der Waals surface area contributed by atoms with E-state index in [0.717, 1.165) is 26.5 Å². The number of carbonyl (C=O) groups excluding carboxylic acids is 1. The standard InChI is InChI=1S/C11H6OS2/c1-6-7-2-4-14-11(7)9(12)8-3-5-13-10(6)8/h2-5H,1H2. The molecular weight excluding hydrogens is 212 g/mol. The average molecular weight is 218 g/mol. The fraction of sp³-hybridized carbons (Fsp3) is 0. The minimum atomic E-state index is 0.152. The van der Waals surface area contributed by atoms with Gasteiger partial charge in [-0.15, -0.1) is 22.7 Å². The van der Waals surface area contributed by atoms with Crippen LogP contribution in [0.3, 0.4) is 0 Å². The average Bonchev–Trinajstić information content (AvgIpc) is 2.82. The largest absolute Gasteiger partial charge is 0.288 e. The fourth-order valence-electron chi connectivity index (χ4n) is 1.69. The molecule has 0 atom stereocenters. The van der Waals surface area contributed by atoms with E-state index in [4.69, 9.17) is 0 Å². The first kappa shape index (κ1) is 8.15. The Bertz CT molecular complexity index is 454. The highest BCUT2D eigenvalue weighted by molar-refractivity contribution is 7.14. The maximum absolute atomic E-state index is 12.0. The van der Waals surface area contributed by atoms with Crippen molar-refractivity contribution in [1.82, 2.24) is 0 Å². The molecule has 3 heteroatoms. The van der Waals surface area contributed by atoms with Crippen LogP contribution in [0.25, 0.3) is 5.57 Å². The number of hydrogen-bond acceptors (Lipinski definition) is 3. The van der Waals surface area contributed by atoms with E-state index in [9.17, 15) is 4.79 Å². The van der Waals surface area contributed by atoms with Crippen molar-refractivity contribution in [3.8, 4) is 0 Å². The molecule has 0 N–H and O–H groups in total. The van der Waals surface area contributed by atoms with Gasteiger partial charge in [-0.05, 0) is 28.5 Å². The molecular formula is C11H6OS2. The van der Waals surface area contributed by atoms with Crippen molar-refractivity contribution in [2.45, 2.75) is 0 Å². The minimum absolute atomic E-state index is 0.152. The van der Waals surface area contributed by atoms with Gasteiger partial charge in [0.05, 0.1) is 4.88 Å². The summed E-state index contributed by atoms with van der Waals surface area (Å²) in [6.45, 7) is 4.04. The molecule has 0 saturated heterocycles. The summed E-state index contributed by atoms with van der Waals surface area (Å²) in [5.41, 5.74) is 2.82. The first-order valence-corrected chi connectivity index (χ1v) is 5.94.